The molecule has 2 heteroatoms. The molecule has 0 radical (unpaired) electrons. The second kappa shape index (κ2) is 19.0. The molecule has 0 heterocycles. The molecule has 0 aliphatic carbocycles. The Morgan fingerprint density at radius 2 is 1.30 bits per heavy atom. The zero-order valence-corrected chi connectivity index (χ0v) is 15.5. The maximum Gasteiger partial charge on any atom is 0.330 e. The summed E-state index contributed by atoms with van der Waals surface area (Å²) in [6.45, 7) is 4.77. The van der Waals surface area contributed by atoms with Crippen LogP contribution in [-0.4, -0.2) is 12.6 Å². The van der Waals surface area contributed by atoms with Crippen molar-refractivity contribution in [2.75, 3.05) is 6.61 Å². The molecule has 134 valence electrons. The molecule has 0 aromatic heterocycles. The molecular formula is C21H38O2. The molecule has 0 saturated heterocycles. The van der Waals surface area contributed by atoms with Gasteiger partial charge < -0.3 is 4.74 Å². The minimum Gasteiger partial charge on any atom is -0.463 e. The second-order valence-corrected chi connectivity index (χ2v) is 6.28. The fourth-order valence-corrected chi connectivity index (χ4v) is 2.49. The van der Waals surface area contributed by atoms with Crippen LogP contribution in [0, 0.1) is 0 Å². The summed E-state index contributed by atoms with van der Waals surface area (Å²) in [7, 11) is 0. The van der Waals surface area contributed by atoms with E-state index in [4.69, 9.17) is 4.74 Å². The predicted octanol–water partition coefficient (Wildman–Crippen LogP) is 6.75. The molecule has 0 aliphatic rings. The van der Waals surface area contributed by atoms with Crippen LogP contribution >= 0.6 is 0 Å². The van der Waals surface area contributed by atoms with Crippen molar-refractivity contribution in [3.05, 3.63) is 24.3 Å². The number of allylic oxidation sites excluding steroid dienone is 3. The number of hydrogen-bond donors (Lipinski definition) is 0. The van der Waals surface area contributed by atoms with E-state index in [1.54, 1.807) is 6.08 Å². The Balaban J connectivity index is 3.25. The standard InChI is InChI=1S/C21H38O2/c1-3-5-6-7-8-9-10-11-12-13-14-15-16-17-18-19-21(22)23-20-4-2/h16-19H,3-15,20H2,1-2H3. The lowest BCUT2D eigenvalue weighted by atomic mass is 10.1. The summed E-state index contributed by atoms with van der Waals surface area (Å²) in [4.78, 5) is 11.2. The first kappa shape index (κ1) is 21.9. The van der Waals surface area contributed by atoms with E-state index in [1.165, 1.54) is 76.7 Å². The second-order valence-electron chi connectivity index (χ2n) is 6.28. The van der Waals surface area contributed by atoms with Crippen molar-refractivity contribution in [1.29, 1.82) is 0 Å². The average Bonchev–Trinajstić information content (AvgIpc) is 2.56. The fourth-order valence-electron chi connectivity index (χ4n) is 2.49. The zero-order valence-electron chi connectivity index (χ0n) is 15.5. The molecule has 0 N–H and O–H groups in total. The molecule has 0 aliphatic heterocycles. The van der Waals surface area contributed by atoms with Gasteiger partial charge in [-0.1, -0.05) is 96.3 Å². The molecule has 0 aromatic carbocycles. The van der Waals surface area contributed by atoms with Gasteiger partial charge in [-0.25, -0.2) is 4.79 Å². The number of ether oxygens (including phenoxy) is 1. The van der Waals surface area contributed by atoms with Crippen LogP contribution in [0.2, 0.25) is 0 Å². The van der Waals surface area contributed by atoms with E-state index in [9.17, 15) is 4.79 Å². The third kappa shape index (κ3) is 18.9. The van der Waals surface area contributed by atoms with Crippen LogP contribution in [0.15, 0.2) is 24.3 Å². The number of unbranched alkanes of at least 4 members (excludes halogenated alkanes) is 11. The summed E-state index contributed by atoms with van der Waals surface area (Å²) < 4.78 is 4.95. The molecule has 0 unspecified atom stereocenters. The highest BCUT2D eigenvalue weighted by atomic mass is 16.5. The quantitative estimate of drug-likeness (QED) is 0.136. The Labute approximate surface area is 144 Å². The van der Waals surface area contributed by atoms with E-state index in [0.29, 0.717) is 6.61 Å². The summed E-state index contributed by atoms with van der Waals surface area (Å²) in [6.07, 6.45) is 24.5. The largest absolute Gasteiger partial charge is 0.463 e. The minimum absolute atomic E-state index is 0.244. The number of hydrogen-bond acceptors (Lipinski definition) is 2. The van der Waals surface area contributed by atoms with Crippen molar-refractivity contribution in [3.8, 4) is 0 Å². The fraction of sp³-hybridized carbons (Fsp3) is 0.762. The van der Waals surface area contributed by atoms with Crippen LogP contribution in [0.25, 0.3) is 0 Å². The summed E-state index contributed by atoms with van der Waals surface area (Å²) in [5, 5.41) is 0. The average molecular weight is 323 g/mol. The van der Waals surface area contributed by atoms with E-state index in [2.05, 4.69) is 13.0 Å². The first-order chi connectivity index (χ1) is 11.3. The Bertz CT molecular complexity index is 305. The van der Waals surface area contributed by atoms with Crippen LogP contribution in [0.1, 0.15) is 97.3 Å². The van der Waals surface area contributed by atoms with Crippen molar-refractivity contribution in [2.45, 2.75) is 97.3 Å². The first-order valence-electron chi connectivity index (χ1n) is 9.81. The lowest BCUT2D eigenvalue weighted by Gasteiger charge is -2.01. The lowest BCUT2D eigenvalue weighted by Crippen LogP contribution is -2.00. The summed E-state index contributed by atoms with van der Waals surface area (Å²) >= 11 is 0. The normalized spacial score (nSPS) is 11.6. The van der Waals surface area contributed by atoms with Crippen molar-refractivity contribution in [1.82, 2.24) is 0 Å². The number of carbonyl (C=O) groups excluding carboxylic acids is 1. The molecule has 0 spiro atoms. The molecular weight excluding hydrogens is 284 g/mol. The topological polar surface area (TPSA) is 26.3 Å². The van der Waals surface area contributed by atoms with E-state index >= 15 is 0 Å². The predicted molar refractivity (Wildman–Crippen MR) is 101 cm³/mol. The highest BCUT2D eigenvalue weighted by Gasteiger charge is 1.93. The van der Waals surface area contributed by atoms with E-state index in [-0.39, 0.29) is 5.97 Å². The molecule has 0 rings (SSSR count). The first-order valence-corrected chi connectivity index (χ1v) is 9.81. The van der Waals surface area contributed by atoms with Crippen molar-refractivity contribution in [2.24, 2.45) is 0 Å². The maximum atomic E-state index is 11.2. The monoisotopic (exact) mass is 322 g/mol. The van der Waals surface area contributed by atoms with Gasteiger partial charge in [0.05, 0.1) is 6.61 Å². The minimum atomic E-state index is -0.244. The molecule has 2 nitrogen and oxygen atoms in total. The van der Waals surface area contributed by atoms with Crippen molar-refractivity contribution >= 4 is 5.97 Å². The smallest absolute Gasteiger partial charge is 0.330 e. The van der Waals surface area contributed by atoms with Gasteiger partial charge in [-0.15, -0.1) is 0 Å². The van der Waals surface area contributed by atoms with E-state index < -0.39 is 0 Å². The number of rotatable bonds is 16. The molecule has 0 bridgehead atoms. The third-order valence-corrected chi connectivity index (χ3v) is 3.90. The van der Waals surface area contributed by atoms with Crippen LogP contribution in [0.3, 0.4) is 0 Å². The van der Waals surface area contributed by atoms with Crippen LogP contribution in [0.4, 0.5) is 0 Å². The van der Waals surface area contributed by atoms with Gasteiger partial charge >= 0.3 is 5.97 Å². The Kier molecular flexibility index (Phi) is 18.1. The van der Waals surface area contributed by atoms with Crippen molar-refractivity contribution in [3.63, 3.8) is 0 Å². The van der Waals surface area contributed by atoms with E-state index in [0.717, 1.165) is 12.8 Å². The van der Waals surface area contributed by atoms with Crippen LogP contribution < -0.4 is 0 Å². The van der Waals surface area contributed by atoms with Gasteiger partial charge in [0, 0.05) is 6.08 Å². The molecule has 0 saturated carbocycles. The summed E-state index contributed by atoms with van der Waals surface area (Å²) in [5.74, 6) is -0.244. The van der Waals surface area contributed by atoms with Gasteiger partial charge in [0.2, 0.25) is 0 Å². The van der Waals surface area contributed by atoms with Gasteiger partial charge in [-0.3, -0.25) is 0 Å². The SMILES string of the molecule is CCCCCCCCCCCCCC=CC=CC(=O)OCCC. The van der Waals surface area contributed by atoms with Gasteiger partial charge in [0.1, 0.15) is 0 Å². The Hall–Kier alpha value is -1.05. The van der Waals surface area contributed by atoms with Gasteiger partial charge in [0.25, 0.3) is 0 Å². The molecule has 23 heavy (non-hydrogen) atoms. The van der Waals surface area contributed by atoms with Gasteiger partial charge in [-0.05, 0) is 19.3 Å². The van der Waals surface area contributed by atoms with Crippen molar-refractivity contribution < 1.29 is 9.53 Å². The highest BCUT2D eigenvalue weighted by molar-refractivity contribution is 5.82. The zero-order chi connectivity index (χ0) is 17.0. The number of carbonyl (C=O) groups is 1. The molecule has 0 aromatic rings. The molecule has 0 fully saturated rings. The van der Waals surface area contributed by atoms with Gasteiger partial charge in [0.15, 0.2) is 0 Å². The van der Waals surface area contributed by atoms with Crippen LogP contribution in [0.5, 0.6) is 0 Å². The summed E-state index contributed by atoms with van der Waals surface area (Å²) in [6, 6.07) is 0. The Morgan fingerprint density at radius 3 is 1.87 bits per heavy atom. The summed E-state index contributed by atoms with van der Waals surface area (Å²) in [5.41, 5.74) is 0. The van der Waals surface area contributed by atoms with Crippen LogP contribution in [-0.2, 0) is 9.53 Å². The maximum absolute atomic E-state index is 11.2. The lowest BCUT2D eigenvalue weighted by molar-refractivity contribution is -0.137. The highest BCUT2D eigenvalue weighted by Crippen LogP contribution is 2.11. The van der Waals surface area contributed by atoms with Gasteiger partial charge in [-0.2, -0.15) is 0 Å². The molecule has 0 amide bonds. The Morgan fingerprint density at radius 1 is 0.739 bits per heavy atom. The molecule has 0 atom stereocenters. The number of esters is 1. The van der Waals surface area contributed by atoms with E-state index in [1.807, 2.05) is 13.0 Å². The third-order valence-electron chi connectivity index (χ3n) is 3.90.